The second kappa shape index (κ2) is 4.84. The number of hydrogen-bond donors (Lipinski definition) is 1. The summed E-state index contributed by atoms with van der Waals surface area (Å²) in [4.78, 5) is 3.16. The van der Waals surface area contributed by atoms with Gasteiger partial charge in [0, 0.05) is 5.56 Å². The Kier molecular flexibility index (Phi) is 3.93. The Hall–Kier alpha value is -1.08. The van der Waals surface area contributed by atoms with E-state index < -0.39 is 24.7 Å². The highest BCUT2D eigenvalue weighted by Gasteiger charge is 2.33. The number of hydrogen-bond acceptors (Lipinski definition) is 3. The van der Waals surface area contributed by atoms with Gasteiger partial charge >= 0.3 is 6.36 Å². The molecule has 0 aliphatic carbocycles. The summed E-state index contributed by atoms with van der Waals surface area (Å²) in [7, 11) is 0. The molecule has 1 aromatic rings. The van der Waals surface area contributed by atoms with Crippen LogP contribution >= 0.6 is 11.6 Å². The SMILES string of the molecule is OCc1cc(OC(F)(F)F)c(F)nc1CCl. The zero-order valence-electron chi connectivity index (χ0n) is 7.68. The largest absolute Gasteiger partial charge is 0.573 e. The molecule has 0 unspecified atom stereocenters. The average Bonchev–Trinajstić information content (AvgIpc) is 2.18. The molecule has 0 bridgehead atoms. The van der Waals surface area contributed by atoms with E-state index in [1.807, 2.05) is 0 Å². The van der Waals surface area contributed by atoms with Gasteiger partial charge in [-0.15, -0.1) is 24.8 Å². The van der Waals surface area contributed by atoms with Gasteiger partial charge in [-0.25, -0.2) is 4.98 Å². The zero-order chi connectivity index (χ0) is 12.3. The van der Waals surface area contributed by atoms with Gasteiger partial charge in [-0.2, -0.15) is 4.39 Å². The summed E-state index contributed by atoms with van der Waals surface area (Å²) in [5.74, 6) is -2.74. The van der Waals surface area contributed by atoms with Gasteiger partial charge < -0.3 is 9.84 Å². The van der Waals surface area contributed by atoms with Crippen LogP contribution in [0.4, 0.5) is 17.6 Å². The van der Waals surface area contributed by atoms with Crippen molar-refractivity contribution in [1.82, 2.24) is 4.98 Å². The highest BCUT2D eigenvalue weighted by atomic mass is 35.5. The third-order valence-corrected chi connectivity index (χ3v) is 1.89. The molecule has 0 fully saturated rings. The first-order valence-electron chi connectivity index (χ1n) is 3.98. The predicted molar refractivity (Wildman–Crippen MR) is 46.4 cm³/mol. The minimum absolute atomic E-state index is 0.0179. The second-order valence-electron chi connectivity index (χ2n) is 2.72. The van der Waals surface area contributed by atoms with Crippen LogP contribution in [-0.4, -0.2) is 16.5 Å². The molecule has 0 spiro atoms. The molecule has 1 rings (SSSR count). The number of aliphatic hydroxyl groups excluding tert-OH is 1. The summed E-state index contributed by atoms with van der Waals surface area (Å²) in [5.41, 5.74) is -0.0492. The quantitative estimate of drug-likeness (QED) is 0.515. The van der Waals surface area contributed by atoms with Crippen LogP contribution in [0.5, 0.6) is 5.75 Å². The van der Waals surface area contributed by atoms with Crippen molar-refractivity contribution in [3.05, 3.63) is 23.3 Å². The highest BCUT2D eigenvalue weighted by Crippen LogP contribution is 2.27. The topological polar surface area (TPSA) is 42.4 Å². The van der Waals surface area contributed by atoms with Gasteiger partial charge in [-0.05, 0) is 6.07 Å². The monoisotopic (exact) mass is 259 g/mol. The summed E-state index contributed by atoms with van der Waals surface area (Å²) < 4.78 is 51.9. The minimum Gasteiger partial charge on any atom is -0.401 e. The Bertz CT molecular complexity index is 383. The number of ether oxygens (including phenoxy) is 1. The number of alkyl halides is 4. The molecule has 16 heavy (non-hydrogen) atoms. The summed E-state index contributed by atoms with van der Waals surface area (Å²) >= 11 is 5.36. The van der Waals surface area contributed by atoms with E-state index in [9.17, 15) is 17.6 Å². The van der Waals surface area contributed by atoms with Crippen LogP contribution in [-0.2, 0) is 12.5 Å². The second-order valence-corrected chi connectivity index (χ2v) is 2.99. The smallest absolute Gasteiger partial charge is 0.401 e. The minimum atomic E-state index is -5.02. The normalized spacial score (nSPS) is 11.6. The maximum atomic E-state index is 13.0. The van der Waals surface area contributed by atoms with Crippen LogP contribution in [0.25, 0.3) is 0 Å². The van der Waals surface area contributed by atoms with Crippen LogP contribution < -0.4 is 4.74 Å². The molecule has 1 N–H and O–H groups in total. The number of nitrogens with zero attached hydrogens (tertiary/aromatic N) is 1. The fourth-order valence-electron chi connectivity index (χ4n) is 0.995. The van der Waals surface area contributed by atoms with Gasteiger partial charge in [0.25, 0.3) is 5.95 Å². The first kappa shape index (κ1) is 13.0. The van der Waals surface area contributed by atoms with Crippen molar-refractivity contribution in [3.63, 3.8) is 0 Å². The molecule has 0 radical (unpaired) electrons. The number of halogens is 5. The van der Waals surface area contributed by atoms with E-state index in [4.69, 9.17) is 16.7 Å². The van der Waals surface area contributed by atoms with Crippen LogP contribution in [0, 0.1) is 5.95 Å². The predicted octanol–water partition coefficient (Wildman–Crippen LogP) is 2.35. The lowest BCUT2D eigenvalue weighted by Gasteiger charge is -2.11. The molecule has 0 saturated heterocycles. The van der Waals surface area contributed by atoms with Crippen LogP contribution in [0.2, 0.25) is 0 Å². The van der Waals surface area contributed by atoms with Crippen molar-refractivity contribution in [2.24, 2.45) is 0 Å². The van der Waals surface area contributed by atoms with Gasteiger partial charge in [0.15, 0.2) is 5.75 Å². The summed E-state index contributed by atoms with van der Waals surface area (Å²) in [6.45, 7) is -0.608. The molecule has 0 saturated carbocycles. The molecular formula is C8H6ClF4NO2. The number of pyridine rings is 1. The number of aliphatic hydroxyl groups is 1. The van der Waals surface area contributed by atoms with Crippen LogP contribution in [0.1, 0.15) is 11.3 Å². The molecule has 1 heterocycles. The molecule has 90 valence electrons. The third kappa shape index (κ3) is 3.21. The Balaban J connectivity index is 3.11. The van der Waals surface area contributed by atoms with Crippen LogP contribution in [0.3, 0.4) is 0 Å². The number of rotatable bonds is 3. The number of aromatic nitrogens is 1. The van der Waals surface area contributed by atoms with Gasteiger partial charge in [0.05, 0.1) is 18.2 Å². The molecule has 0 atom stereocenters. The molecular weight excluding hydrogens is 254 g/mol. The van der Waals surface area contributed by atoms with Crippen molar-refractivity contribution in [2.75, 3.05) is 0 Å². The van der Waals surface area contributed by atoms with E-state index in [0.29, 0.717) is 6.07 Å². The van der Waals surface area contributed by atoms with E-state index in [-0.39, 0.29) is 17.1 Å². The molecule has 1 aromatic heterocycles. The molecule has 8 heteroatoms. The molecule has 3 nitrogen and oxygen atoms in total. The zero-order valence-corrected chi connectivity index (χ0v) is 8.44. The van der Waals surface area contributed by atoms with Crippen molar-refractivity contribution < 1.29 is 27.4 Å². The maximum Gasteiger partial charge on any atom is 0.573 e. The van der Waals surface area contributed by atoms with E-state index in [1.54, 1.807) is 0 Å². The van der Waals surface area contributed by atoms with Gasteiger partial charge in [0.1, 0.15) is 0 Å². The molecule has 0 amide bonds. The standard InChI is InChI=1S/C8H6ClF4NO2/c9-2-5-4(3-15)1-6(7(10)14-5)16-8(11,12)13/h1,15H,2-3H2. The fourth-order valence-corrected chi connectivity index (χ4v) is 1.23. The van der Waals surface area contributed by atoms with Gasteiger partial charge in [0.2, 0.25) is 0 Å². The maximum absolute atomic E-state index is 13.0. The Labute approximate surface area is 92.6 Å². The third-order valence-electron chi connectivity index (χ3n) is 1.64. The van der Waals surface area contributed by atoms with Crippen molar-refractivity contribution in [2.45, 2.75) is 18.8 Å². The lowest BCUT2D eigenvalue weighted by molar-refractivity contribution is -0.275. The van der Waals surface area contributed by atoms with E-state index in [1.165, 1.54) is 0 Å². The Morgan fingerprint density at radius 2 is 2.06 bits per heavy atom. The molecule has 0 aliphatic rings. The average molecular weight is 260 g/mol. The summed E-state index contributed by atoms with van der Waals surface area (Å²) in [6, 6.07) is 0.716. The van der Waals surface area contributed by atoms with E-state index >= 15 is 0 Å². The van der Waals surface area contributed by atoms with E-state index in [2.05, 4.69) is 9.72 Å². The van der Waals surface area contributed by atoms with Gasteiger partial charge in [-0.1, -0.05) is 0 Å². The van der Waals surface area contributed by atoms with Crippen LogP contribution in [0.15, 0.2) is 6.07 Å². The highest BCUT2D eigenvalue weighted by molar-refractivity contribution is 6.17. The van der Waals surface area contributed by atoms with Crippen molar-refractivity contribution in [1.29, 1.82) is 0 Å². The molecule has 0 aliphatic heterocycles. The van der Waals surface area contributed by atoms with Crippen molar-refractivity contribution in [3.8, 4) is 5.75 Å². The lowest BCUT2D eigenvalue weighted by Crippen LogP contribution is -2.19. The Morgan fingerprint density at radius 1 is 1.44 bits per heavy atom. The Morgan fingerprint density at radius 3 is 2.50 bits per heavy atom. The first-order chi connectivity index (χ1) is 7.37. The summed E-state index contributed by atoms with van der Waals surface area (Å²) in [5, 5.41) is 8.81. The van der Waals surface area contributed by atoms with E-state index in [0.717, 1.165) is 0 Å². The first-order valence-corrected chi connectivity index (χ1v) is 4.51. The molecule has 0 aromatic carbocycles. The summed E-state index contributed by atoms with van der Waals surface area (Å²) in [6.07, 6.45) is -5.02. The fraction of sp³-hybridized carbons (Fsp3) is 0.375. The van der Waals surface area contributed by atoms with Crippen molar-refractivity contribution >= 4 is 11.6 Å². The lowest BCUT2D eigenvalue weighted by atomic mass is 10.2. The van der Waals surface area contributed by atoms with Gasteiger partial charge in [-0.3, -0.25) is 0 Å².